The molecular formula is C31H19ClN2O4. The number of fused-ring (bicyclic) bond motifs is 1. The number of halogens is 1. The van der Waals surface area contributed by atoms with Crippen molar-refractivity contribution in [3.63, 3.8) is 0 Å². The Hall–Kier alpha value is -4.99. The minimum absolute atomic E-state index is 0.141. The second kappa shape index (κ2) is 10.2. The lowest BCUT2D eigenvalue weighted by atomic mass is 10.0. The Labute approximate surface area is 223 Å². The summed E-state index contributed by atoms with van der Waals surface area (Å²) in [4.78, 5) is 4.63. The number of benzene rings is 3. The Bertz CT molecular complexity index is 1770. The lowest BCUT2D eigenvalue weighted by molar-refractivity contribution is 0.306. The lowest BCUT2D eigenvalue weighted by Gasteiger charge is -2.12. The maximum Gasteiger partial charge on any atom is 0.238 e. The summed E-state index contributed by atoms with van der Waals surface area (Å²) in [5.74, 6) is 2.10. The van der Waals surface area contributed by atoms with E-state index in [1.165, 1.54) is 0 Å². The number of furan rings is 3. The molecule has 0 bridgehead atoms. The maximum atomic E-state index is 10.1. The molecule has 3 heterocycles. The van der Waals surface area contributed by atoms with Gasteiger partial charge in [0, 0.05) is 16.8 Å². The van der Waals surface area contributed by atoms with Crippen LogP contribution >= 0.6 is 11.6 Å². The Morgan fingerprint density at radius 1 is 0.868 bits per heavy atom. The van der Waals surface area contributed by atoms with Gasteiger partial charge in [-0.3, -0.25) is 0 Å². The van der Waals surface area contributed by atoms with Crippen molar-refractivity contribution in [2.75, 3.05) is 0 Å². The first-order valence-corrected chi connectivity index (χ1v) is 12.2. The van der Waals surface area contributed by atoms with Gasteiger partial charge in [-0.1, -0.05) is 54.1 Å². The van der Waals surface area contributed by atoms with Gasteiger partial charge in [0.05, 0.1) is 18.1 Å². The summed E-state index contributed by atoms with van der Waals surface area (Å²) in [6, 6.07) is 28.6. The molecule has 184 valence electrons. The van der Waals surface area contributed by atoms with Gasteiger partial charge in [-0.15, -0.1) is 0 Å². The maximum absolute atomic E-state index is 10.1. The van der Waals surface area contributed by atoms with Crippen LogP contribution in [0.15, 0.2) is 116 Å². The molecule has 0 aliphatic carbocycles. The third-order valence-electron chi connectivity index (χ3n) is 6.06. The first kappa shape index (κ1) is 23.4. The summed E-state index contributed by atoms with van der Waals surface area (Å²) in [5, 5.41) is 12.7. The topological polar surface area (TPSA) is 84.8 Å². The van der Waals surface area contributed by atoms with E-state index in [4.69, 9.17) is 29.6 Å². The molecule has 7 heteroatoms. The van der Waals surface area contributed by atoms with Crippen LogP contribution in [0.1, 0.15) is 16.7 Å². The monoisotopic (exact) mass is 518 g/mol. The van der Waals surface area contributed by atoms with Gasteiger partial charge in [-0.25, -0.2) is 4.99 Å². The van der Waals surface area contributed by atoms with E-state index in [9.17, 15) is 5.26 Å². The van der Waals surface area contributed by atoms with Crippen LogP contribution < -0.4 is 4.74 Å². The second-order valence-electron chi connectivity index (χ2n) is 8.42. The third-order valence-corrected chi connectivity index (χ3v) is 6.32. The van der Waals surface area contributed by atoms with Crippen LogP contribution in [0.5, 0.6) is 5.75 Å². The predicted octanol–water partition coefficient (Wildman–Crippen LogP) is 8.81. The highest BCUT2D eigenvalue weighted by molar-refractivity contribution is 6.30. The van der Waals surface area contributed by atoms with Gasteiger partial charge < -0.3 is 18.0 Å². The first-order valence-electron chi connectivity index (χ1n) is 11.8. The summed E-state index contributed by atoms with van der Waals surface area (Å²) in [6.45, 7) is 0.353. The highest BCUT2D eigenvalue weighted by Crippen LogP contribution is 2.43. The summed E-state index contributed by atoms with van der Waals surface area (Å²) in [5.41, 5.74) is 2.47. The highest BCUT2D eigenvalue weighted by Gasteiger charge is 2.26. The Morgan fingerprint density at radius 2 is 1.63 bits per heavy atom. The van der Waals surface area contributed by atoms with E-state index < -0.39 is 0 Å². The van der Waals surface area contributed by atoms with E-state index in [2.05, 4.69) is 11.1 Å². The van der Waals surface area contributed by atoms with Crippen LogP contribution in [-0.4, -0.2) is 6.21 Å². The lowest BCUT2D eigenvalue weighted by Crippen LogP contribution is -1.99. The molecule has 0 aliphatic rings. The molecule has 0 saturated heterocycles. The van der Waals surface area contributed by atoms with Crippen molar-refractivity contribution >= 4 is 34.5 Å². The fourth-order valence-electron chi connectivity index (χ4n) is 4.25. The molecule has 0 spiro atoms. The van der Waals surface area contributed by atoms with E-state index >= 15 is 0 Å². The molecule has 6 nitrogen and oxygen atoms in total. The third kappa shape index (κ3) is 4.47. The number of nitriles is 1. The van der Waals surface area contributed by atoms with Crippen molar-refractivity contribution in [1.29, 1.82) is 5.26 Å². The Morgan fingerprint density at radius 3 is 2.37 bits per heavy atom. The van der Waals surface area contributed by atoms with Gasteiger partial charge in [0.2, 0.25) is 5.88 Å². The van der Waals surface area contributed by atoms with E-state index in [1.54, 1.807) is 43.0 Å². The van der Waals surface area contributed by atoms with Crippen molar-refractivity contribution in [3.8, 4) is 34.7 Å². The van der Waals surface area contributed by atoms with Gasteiger partial charge in [0.25, 0.3) is 0 Å². The predicted molar refractivity (Wildman–Crippen MR) is 146 cm³/mol. The molecule has 0 saturated carbocycles. The summed E-state index contributed by atoms with van der Waals surface area (Å²) in [7, 11) is 0. The normalized spacial score (nSPS) is 11.3. The number of hydrogen-bond donors (Lipinski definition) is 0. The minimum atomic E-state index is 0.141. The van der Waals surface area contributed by atoms with E-state index in [0.29, 0.717) is 40.2 Å². The smallest absolute Gasteiger partial charge is 0.238 e. The molecule has 0 aliphatic heterocycles. The van der Waals surface area contributed by atoms with Gasteiger partial charge in [-0.2, -0.15) is 5.26 Å². The number of rotatable bonds is 7. The standard InChI is InChI=1S/C31H19ClN2O4/c32-22-12-9-20(10-13-22)19-37-26-14-11-21-5-1-2-6-23(21)25(26)18-34-31-24(17-33)29(27-7-3-15-35-27)30(38-31)28-8-4-16-36-28/h1-16,18H,19H2. The van der Waals surface area contributed by atoms with Crippen molar-refractivity contribution in [2.45, 2.75) is 6.61 Å². The van der Waals surface area contributed by atoms with Crippen LogP contribution in [0.2, 0.25) is 5.02 Å². The van der Waals surface area contributed by atoms with Crippen LogP contribution in [-0.2, 0) is 6.61 Å². The van der Waals surface area contributed by atoms with Crippen molar-refractivity contribution in [3.05, 3.63) is 119 Å². The fraction of sp³-hybridized carbons (Fsp3) is 0.0323. The highest BCUT2D eigenvalue weighted by atomic mass is 35.5. The molecule has 6 rings (SSSR count). The zero-order valence-corrected chi connectivity index (χ0v) is 20.7. The van der Waals surface area contributed by atoms with E-state index in [0.717, 1.165) is 21.9 Å². The average molecular weight is 519 g/mol. The molecule has 0 atom stereocenters. The van der Waals surface area contributed by atoms with Gasteiger partial charge >= 0.3 is 0 Å². The average Bonchev–Trinajstić information content (AvgIpc) is 3.72. The fourth-order valence-corrected chi connectivity index (χ4v) is 4.38. The molecule has 0 amide bonds. The second-order valence-corrected chi connectivity index (χ2v) is 8.86. The number of ether oxygens (including phenoxy) is 1. The largest absolute Gasteiger partial charge is 0.488 e. The number of hydrogen-bond acceptors (Lipinski definition) is 6. The molecule has 3 aromatic heterocycles. The van der Waals surface area contributed by atoms with Crippen molar-refractivity contribution in [2.24, 2.45) is 4.99 Å². The summed E-state index contributed by atoms with van der Waals surface area (Å²) < 4.78 is 23.5. The Balaban J connectivity index is 1.44. The SMILES string of the molecule is N#Cc1c(N=Cc2c(OCc3ccc(Cl)cc3)ccc3ccccc23)oc(-c2ccco2)c1-c1ccco1. The zero-order chi connectivity index (χ0) is 25.9. The van der Waals surface area contributed by atoms with Crippen molar-refractivity contribution < 1.29 is 18.0 Å². The quantitative estimate of drug-likeness (QED) is 0.197. The van der Waals surface area contributed by atoms with Gasteiger partial charge in [0.1, 0.15) is 29.7 Å². The molecule has 0 fully saturated rings. The van der Waals surface area contributed by atoms with Gasteiger partial charge in [0.15, 0.2) is 11.5 Å². The molecule has 0 N–H and O–H groups in total. The van der Waals surface area contributed by atoms with Crippen LogP contribution in [0.3, 0.4) is 0 Å². The minimum Gasteiger partial charge on any atom is -0.488 e. The van der Waals surface area contributed by atoms with E-state index in [1.807, 2.05) is 60.7 Å². The molecule has 38 heavy (non-hydrogen) atoms. The zero-order valence-electron chi connectivity index (χ0n) is 19.9. The Kier molecular flexibility index (Phi) is 6.27. The van der Waals surface area contributed by atoms with E-state index in [-0.39, 0.29) is 11.4 Å². The summed E-state index contributed by atoms with van der Waals surface area (Å²) >= 11 is 6.02. The number of aliphatic imine (C=N–C) groups is 1. The first-order chi connectivity index (χ1) is 18.7. The van der Waals surface area contributed by atoms with Crippen molar-refractivity contribution in [1.82, 2.24) is 0 Å². The van der Waals surface area contributed by atoms with Crippen LogP contribution in [0, 0.1) is 11.3 Å². The molecular weight excluding hydrogens is 500 g/mol. The number of nitrogens with zero attached hydrogens (tertiary/aromatic N) is 2. The summed E-state index contributed by atoms with van der Waals surface area (Å²) in [6.07, 6.45) is 4.74. The molecule has 0 radical (unpaired) electrons. The van der Waals surface area contributed by atoms with Crippen LogP contribution in [0.25, 0.3) is 33.6 Å². The van der Waals surface area contributed by atoms with Gasteiger partial charge in [-0.05, 0) is 58.8 Å². The van der Waals surface area contributed by atoms with Crippen LogP contribution in [0.4, 0.5) is 5.88 Å². The molecule has 0 unspecified atom stereocenters. The molecule has 6 aromatic rings. The molecule has 3 aromatic carbocycles.